The quantitative estimate of drug-likeness (QED) is 0.687. The average Bonchev–Trinajstić information content (AvgIpc) is 2.19. The fourth-order valence-electron chi connectivity index (χ4n) is 1.85. The molecule has 0 spiro atoms. The average molecular weight is 207 g/mol. The summed E-state index contributed by atoms with van der Waals surface area (Å²) in [6.45, 7) is 15.0. The van der Waals surface area contributed by atoms with Crippen LogP contribution in [0.5, 0.6) is 0 Å². The zero-order chi connectivity index (χ0) is 12.0. The van der Waals surface area contributed by atoms with Gasteiger partial charge in [-0.25, -0.2) is 0 Å². The molecule has 0 N–H and O–H groups in total. The molecule has 1 heteroatoms. The second-order valence-corrected chi connectivity index (χ2v) is 4.21. The predicted octanol–water partition coefficient (Wildman–Crippen LogP) is 4.66. The summed E-state index contributed by atoms with van der Waals surface area (Å²) >= 11 is 0. The number of aromatic nitrogens is 1. The molecule has 0 aliphatic heterocycles. The highest BCUT2D eigenvalue weighted by atomic mass is 14.7. The van der Waals surface area contributed by atoms with Gasteiger partial charge in [0.25, 0.3) is 0 Å². The zero-order valence-corrected chi connectivity index (χ0v) is 11.3. The van der Waals surface area contributed by atoms with Crippen molar-refractivity contribution >= 4 is 0 Å². The topological polar surface area (TPSA) is 12.9 Å². The summed E-state index contributed by atoms with van der Waals surface area (Å²) < 4.78 is 0. The van der Waals surface area contributed by atoms with E-state index in [1.165, 1.54) is 16.8 Å². The fourth-order valence-corrected chi connectivity index (χ4v) is 1.85. The van der Waals surface area contributed by atoms with Crippen LogP contribution in [0.15, 0.2) is 12.3 Å². The fraction of sp³-hybridized carbons (Fsp3) is 0.643. The normalized spacial score (nSPS) is 10.2. The van der Waals surface area contributed by atoms with Crippen molar-refractivity contribution in [3.8, 4) is 0 Å². The lowest BCUT2D eigenvalue weighted by atomic mass is 9.90. The third kappa shape index (κ3) is 3.65. The van der Waals surface area contributed by atoms with Crippen molar-refractivity contribution in [2.75, 3.05) is 0 Å². The molecule has 0 unspecified atom stereocenters. The Morgan fingerprint density at radius 1 is 1.00 bits per heavy atom. The van der Waals surface area contributed by atoms with Gasteiger partial charge in [0.1, 0.15) is 0 Å². The van der Waals surface area contributed by atoms with Gasteiger partial charge in [-0.15, -0.1) is 0 Å². The van der Waals surface area contributed by atoms with Crippen LogP contribution < -0.4 is 0 Å². The minimum Gasteiger partial charge on any atom is -0.261 e. The van der Waals surface area contributed by atoms with E-state index in [2.05, 4.69) is 45.7 Å². The monoisotopic (exact) mass is 207 g/mol. The first-order valence-corrected chi connectivity index (χ1v) is 5.99. The van der Waals surface area contributed by atoms with Gasteiger partial charge in [-0.2, -0.15) is 0 Å². The molecule has 0 radical (unpaired) electrons. The Balaban J connectivity index is 0.000000921. The second kappa shape index (κ2) is 6.60. The van der Waals surface area contributed by atoms with E-state index in [0.717, 1.165) is 0 Å². The van der Waals surface area contributed by atoms with Crippen molar-refractivity contribution < 1.29 is 0 Å². The van der Waals surface area contributed by atoms with Crippen LogP contribution in [0.25, 0.3) is 0 Å². The Bertz CT molecular complexity index is 287. The first kappa shape index (κ1) is 14.2. The molecule has 0 saturated carbocycles. The molecule has 0 saturated heterocycles. The molecule has 0 aliphatic rings. The van der Waals surface area contributed by atoms with Gasteiger partial charge in [0, 0.05) is 11.9 Å². The summed E-state index contributed by atoms with van der Waals surface area (Å²) in [7, 11) is 0. The number of hydrogen-bond acceptors (Lipinski definition) is 1. The molecule has 1 heterocycles. The minimum atomic E-state index is 0.575. The lowest BCUT2D eigenvalue weighted by Gasteiger charge is -2.17. The highest BCUT2D eigenvalue weighted by molar-refractivity contribution is 5.34. The number of rotatable bonds is 2. The minimum absolute atomic E-state index is 0.575. The molecule has 0 amide bonds. The Hall–Kier alpha value is -0.850. The Kier molecular flexibility index (Phi) is 6.23. The third-order valence-corrected chi connectivity index (χ3v) is 2.42. The van der Waals surface area contributed by atoms with E-state index >= 15 is 0 Å². The van der Waals surface area contributed by atoms with Crippen molar-refractivity contribution in [1.82, 2.24) is 4.98 Å². The van der Waals surface area contributed by atoms with Crippen molar-refractivity contribution in [2.45, 2.75) is 60.3 Å². The van der Waals surface area contributed by atoms with E-state index in [9.17, 15) is 0 Å². The van der Waals surface area contributed by atoms with Crippen LogP contribution in [0.4, 0.5) is 0 Å². The van der Waals surface area contributed by atoms with Crippen molar-refractivity contribution in [3.05, 3.63) is 29.1 Å². The molecule has 86 valence electrons. The van der Waals surface area contributed by atoms with Crippen LogP contribution >= 0.6 is 0 Å². The van der Waals surface area contributed by atoms with Gasteiger partial charge in [-0.05, 0) is 36.0 Å². The van der Waals surface area contributed by atoms with Crippen LogP contribution in [0, 0.1) is 6.92 Å². The SMILES string of the molecule is CC.Cc1nccc(C(C)C)c1C(C)C. The van der Waals surface area contributed by atoms with Crippen LogP contribution in [0.1, 0.15) is 70.2 Å². The Labute approximate surface area is 94.9 Å². The van der Waals surface area contributed by atoms with Crippen molar-refractivity contribution in [1.29, 1.82) is 0 Å². The molecule has 0 bridgehead atoms. The predicted molar refractivity (Wildman–Crippen MR) is 68.5 cm³/mol. The highest BCUT2D eigenvalue weighted by Crippen LogP contribution is 2.27. The van der Waals surface area contributed by atoms with Crippen LogP contribution in [0.2, 0.25) is 0 Å². The molecule has 0 fully saturated rings. The first-order valence-electron chi connectivity index (χ1n) is 5.99. The third-order valence-electron chi connectivity index (χ3n) is 2.42. The molecule has 0 aromatic carbocycles. The summed E-state index contributed by atoms with van der Waals surface area (Å²) in [5.74, 6) is 1.17. The van der Waals surface area contributed by atoms with Gasteiger partial charge in [0.15, 0.2) is 0 Å². The van der Waals surface area contributed by atoms with Gasteiger partial charge in [0.2, 0.25) is 0 Å². The van der Waals surface area contributed by atoms with E-state index in [-0.39, 0.29) is 0 Å². The number of hydrogen-bond donors (Lipinski definition) is 0. The maximum atomic E-state index is 4.34. The lowest BCUT2D eigenvalue weighted by Crippen LogP contribution is -2.02. The van der Waals surface area contributed by atoms with Crippen molar-refractivity contribution in [3.63, 3.8) is 0 Å². The summed E-state index contributed by atoms with van der Waals surface area (Å²) in [6, 6.07) is 2.15. The molecule has 0 atom stereocenters. The van der Waals surface area contributed by atoms with E-state index in [0.29, 0.717) is 11.8 Å². The smallest absolute Gasteiger partial charge is 0.0410 e. The maximum Gasteiger partial charge on any atom is 0.0410 e. The van der Waals surface area contributed by atoms with Gasteiger partial charge in [-0.1, -0.05) is 41.5 Å². The molecular formula is C14H25N. The van der Waals surface area contributed by atoms with E-state index in [4.69, 9.17) is 0 Å². The maximum absolute atomic E-state index is 4.34. The molecule has 0 aliphatic carbocycles. The van der Waals surface area contributed by atoms with E-state index in [1.807, 2.05) is 20.0 Å². The van der Waals surface area contributed by atoms with Crippen LogP contribution in [-0.2, 0) is 0 Å². The molecule has 1 aromatic heterocycles. The number of aryl methyl sites for hydroxylation is 1. The van der Waals surface area contributed by atoms with Gasteiger partial charge < -0.3 is 0 Å². The lowest BCUT2D eigenvalue weighted by molar-refractivity contribution is 0.772. The van der Waals surface area contributed by atoms with E-state index in [1.54, 1.807) is 0 Å². The Morgan fingerprint density at radius 3 is 1.87 bits per heavy atom. The highest BCUT2D eigenvalue weighted by Gasteiger charge is 2.12. The second-order valence-electron chi connectivity index (χ2n) is 4.21. The van der Waals surface area contributed by atoms with Crippen LogP contribution in [0.3, 0.4) is 0 Å². The van der Waals surface area contributed by atoms with Gasteiger partial charge >= 0.3 is 0 Å². The van der Waals surface area contributed by atoms with Crippen LogP contribution in [-0.4, -0.2) is 4.98 Å². The molecule has 1 aromatic rings. The summed E-state index contributed by atoms with van der Waals surface area (Å²) in [5, 5.41) is 0. The standard InChI is InChI=1S/C12H19N.C2H6/c1-8(2)11-6-7-13-10(5)12(11)9(3)4;1-2/h6-9H,1-5H3;1-2H3. The molecular weight excluding hydrogens is 182 g/mol. The molecule has 15 heavy (non-hydrogen) atoms. The van der Waals surface area contributed by atoms with Gasteiger partial charge in [0.05, 0.1) is 0 Å². The summed E-state index contributed by atoms with van der Waals surface area (Å²) in [5.41, 5.74) is 4.06. The zero-order valence-electron chi connectivity index (χ0n) is 11.3. The van der Waals surface area contributed by atoms with Crippen molar-refractivity contribution in [2.24, 2.45) is 0 Å². The number of pyridine rings is 1. The molecule has 1 nitrogen and oxygen atoms in total. The molecule has 1 rings (SSSR count). The first-order chi connectivity index (χ1) is 7.04. The number of nitrogens with zero attached hydrogens (tertiary/aromatic N) is 1. The summed E-state index contributed by atoms with van der Waals surface area (Å²) in [4.78, 5) is 4.34. The largest absolute Gasteiger partial charge is 0.261 e. The summed E-state index contributed by atoms with van der Waals surface area (Å²) in [6.07, 6.45) is 1.91. The van der Waals surface area contributed by atoms with E-state index < -0.39 is 0 Å². The Morgan fingerprint density at radius 2 is 1.53 bits per heavy atom. The van der Waals surface area contributed by atoms with Gasteiger partial charge in [-0.3, -0.25) is 4.98 Å².